The molecule has 0 spiro atoms. The third-order valence-corrected chi connectivity index (χ3v) is 4.10. The summed E-state index contributed by atoms with van der Waals surface area (Å²) in [5, 5.41) is 14.1. The van der Waals surface area contributed by atoms with Gasteiger partial charge in [0.2, 0.25) is 0 Å². The summed E-state index contributed by atoms with van der Waals surface area (Å²) in [4.78, 5) is 0. The number of phenolic OH excluding ortho intramolecular Hbond substituents is 1. The summed E-state index contributed by atoms with van der Waals surface area (Å²) in [6.45, 7) is 6.05. The molecule has 0 aliphatic carbocycles. The quantitative estimate of drug-likeness (QED) is 0.848. The number of aryl methyl sites for hydroxylation is 1. The van der Waals surface area contributed by atoms with E-state index in [0.29, 0.717) is 11.7 Å². The molecule has 1 aromatic rings. The van der Waals surface area contributed by atoms with Crippen LogP contribution in [0.25, 0.3) is 0 Å². The Balaban J connectivity index is 2.22. The average molecular weight is 254 g/mol. The lowest BCUT2D eigenvalue weighted by Crippen LogP contribution is -2.28. The molecule has 1 aliphatic heterocycles. The molecule has 0 aromatic heterocycles. The van der Waals surface area contributed by atoms with E-state index in [1.165, 1.54) is 12.8 Å². The largest absolute Gasteiger partial charge is 0.507 e. The Labute approximate surface area is 108 Å². The Morgan fingerprint density at radius 2 is 2.00 bits per heavy atom. The number of hydrogen-bond donors (Lipinski definition) is 2. The topological polar surface area (TPSA) is 32.3 Å². The molecule has 1 heterocycles. The number of hydrogen-bond acceptors (Lipinski definition) is 2. The first kappa shape index (κ1) is 12.7. The minimum Gasteiger partial charge on any atom is -0.507 e. The second kappa shape index (κ2) is 5.28. The second-order valence-corrected chi connectivity index (χ2v) is 5.43. The number of halogens is 1. The Hall–Kier alpha value is -0.730. The zero-order valence-electron chi connectivity index (χ0n) is 10.5. The van der Waals surface area contributed by atoms with E-state index < -0.39 is 0 Å². The van der Waals surface area contributed by atoms with Crippen molar-refractivity contribution in [2.75, 3.05) is 13.1 Å². The molecule has 0 amide bonds. The Kier molecular flexibility index (Phi) is 3.95. The summed E-state index contributed by atoms with van der Waals surface area (Å²) >= 11 is 6.30. The van der Waals surface area contributed by atoms with Crippen LogP contribution in [0.1, 0.15) is 29.5 Å². The number of rotatable bonds is 2. The molecule has 0 saturated carbocycles. The van der Waals surface area contributed by atoms with Crippen molar-refractivity contribution in [2.45, 2.75) is 33.1 Å². The molecular weight excluding hydrogens is 234 g/mol. The predicted octanol–water partition coefficient (Wildman–Crippen LogP) is 3.20. The van der Waals surface area contributed by atoms with Crippen LogP contribution in [0, 0.1) is 19.8 Å². The molecule has 1 aliphatic rings. The van der Waals surface area contributed by atoms with E-state index in [2.05, 4.69) is 5.32 Å². The molecule has 0 bridgehead atoms. The fourth-order valence-corrected chi connectivity index (χ4v) is 2.97. The van der Waals surface area contributed by atoms with Gasteiger partial charge in [0.25, 0.3) is 0 Å². The Morgan fingerprint density at radius 3 is 2.65 bits per heavy atom. The molecular formula is C14H20ClNO. The molecule has 1 saturated heterocycles. The maximum absolute atomic E-state index is 9.97. The number of nitrogens with one attached hydrogen (secondary N) is 1. The van der Waals surface area contributed by atoms with Crippen LogP contribution in [-0.4, -0.2) is 18.2 Å². The molecule has 94 valence electrons. The smallest absolute Gasteiger partial charge is 0.121 e. The number of phenols is 1. The highest BCUT2D eigenvalue weighted by Gasteiger charge is 2.18. The van der Waals surface area contributed by atoms with E-state index in [1.54, 1.807) is 0 Å². The molecule has 2 rings (SSSR count). The first-order valence-electron chi connectivity index (χ1n) is 6.28. The summed E-state index contributed by atoms with van der Waals surface area (Å²) in [5.74, 6) is 1.09. The lowest BCUT2D eigenvalue weighted by molar-refractivity contribution is 0.371. The van der Waals surface area contributed by atoms with E-state index in [4.69, 9.17) is 11.6 Å². The van der Waals surface area contributed by atoms with E-state index >= 15 is 0 Å². The lowest BCUT2D eigenvalue weighted by Gasteiger charge is -2.24. The average Bonchev–Trinajstić information content (AvgIpc) is 2.33. The molecule has 0 radical (unpaired) electrons. The van der Waals surface area contributed by atoms with Gasteiger partial charge in [-0.05, 0) is 74.9 Å². The van der Waals surface area contributed by atoms with E-state index in [0.717, 1.165) is 41.2 Å². The van der Waals surface area contributed by atoms with Crippen molar-refractivity contribution in [3.05, 3.63) is 27.8 Å². The summed E-state index contributed by atoms with van der Waals surface area (Å²) in [6.07, 6.45) is 3.38. The third-order valence-electron chi connectivity index (χ3n) is 3.76. The minimum absolute atomic E-state index is 0.401. The molecule has 0 unspecified atom stereocenters. The molecule has 2 nitrogen and oxygen atoms in total. The zero-order chi connectivity index (χ0) is 12.4. The van der Waals surface area contributed by atoms with Crippen molar-refractivity contribution in [2.24, 2.45) is 5.92 Å². The van der Waals surface area contributed by atoms with Gasteiger partial charge in [0.15, 0.2) is 0 Å². The second-order valence-electron chi connectivity index (χ2n) is 5.02. The van der Waals surface area contributed by atoms with Crippen LogP contribution in [0.2, 0.25) is 5.02 Å². The summed E-state index contributed by atoms with van der Waals surface area (Å²) < 4.78 is 0. The molecule has 2 N–H and O–H groups in total. The summed E-state index contributed by atoms with van der Waals surface area (Å²) in [6, 6.07) is 1.88. The lowest BCUT2D eigenvalue weighted by atomic mass is 9.88. The summed E-state index contributed by atoms with van der Waals surface area (Å²) in [5.41, 5.74) is 2.94. The maximum Gasteiger partial charge on any atom is 0.121 e. The van der Waals surface area contributed by atoms with Gasteiger partial charge >= 0.3 is 0 Å². The maximum atomic E-state index is 9.97. The van der Waals surface area contributed by atoms with Gasteiger partial charge in [-0.1, -0.05) is 11.6 Å². The highest BCUT2D eigenvalue weighted by Crippen LogP contribution is 2.33. The fourth-order valence-electron chi connectivity index (χ4n) is 2.59. The van der Waals surface area contributed by atoms with Crippen molar-refractivity contribution >= 4 is 11.6 Å². The third kappa shape index (κ3) is 2.75. The van der Waals surface area contributed by atoms with Crippen LogP contribution in [0.3, 0.4) is 0 Å². The van der Waals surface area contributed by atoms with E-state index in [-0.39, 0.29) is 0 Å². The van der Waals surface area contributed by atoms with Crippen LogP contribution in [0.5, 0.6) is 5.75 Å². The van der Waals surface area contributed by atoms with Crippen LogP contribution in [-0.2, 0) is 6.42 Å². The standard InChI is InChI=1S/C14H20ClNO/c1-9-7-13(15)12(10(2)14(9)17)8-11-3-5-16-6-4-11/h7,11,16-17H,3-6,8H2,1-2H3. The number of aromatic hydroxyl groups is 1. The molecule has 1 aromatic carbocycles. The van der Waals surface area contributed by atoms with Gasteiger partial charge in [-0.2, -0.15) is 0 Å². The van der Waals surface area contributed by atoms with Crippen molar-refractivity contribution in [3.8, 4) is 5.75 Å². The SMILES string of the molecule is Cc1cc(Cl)c(CC2CCNCC2)c(C)c1O. The van der Waals surface area contributed by atoms with Crippen molar-refractivity contribution < 1.29 is 5.11 Å². The first-order chi connectivity index (χ1) is 8.09. The predicted molar refractivity (Wildman–Crippen MR) is 71.9 cm³/mol. The van der Waals surface area contributed by atoms with E-state index in [9.17, 15) is 5.11 Å². The van der Waals surface area contributed by atoms with Gasteiger partial charge in [-0.3, -0.25) is 0 Å². The number of piperidine rings is 1. The van der Waals surface area contributed by atoms with Gasteiger partial charge < -0.3 is 10.4 Å². The van der Waals surface area contributed by atoms with Gasteiger partial charge in [-0.25, -0.2) is 0 Å². The van der Waals surface area contributed by atoms with Gasteiger partial charge in [0, 0.05) is 5.02 Å². The highest BCUT2D eigenvalue weighted by atomic mass is 35.5. The van der Waals surface area contributed by atoms with E-state index in [1.807, 2.05) is 19.9 Å². The van der Waals surface area contributed by atoms with Crippen LogP contribution >= 0.6 is 11.6 Å². The van der Waals surface area contributed by atoms with Crippen molar-refractivity contribution in [1.29, 1.82) is 0 Å². The Bertz CT molecular complexity index is 411. The normalized spacial score (nSPS) is 17.4. The minimum atomic E-state index is 0.401. The molecule has 17 heavy (non-hydrogen) atoms. The highest BCUT2D eigenvalue weighted by molar-refractivity contribution is 6.31. The van der Waals surface area contributed by atoms with Crippen molar-refractivity contribution in [3.63, 3.8) is 0 Å². The first-order valence-corrected chi connectivity index (χ1v) is 6.65. The molecule has 0 atom stereocenters. The zero-order valence-corrected chi connectivity index (χ0v) is 11.3. The van der Waals surface area contributed by atoms with Crippen LogP contribution in [0.15, 0.2) is 6.07 Å². The van der Waals surface area contributed by atoms with Crippen LogP contribution < -0.4 is 5.32 Å². The molecule has 1 fully saturated rings. The monoisotopic (exact) mass is 253 g/mol. The van der Waals surface area contributed by atoms with Crippen LogP contribution in [0.4, 0.5) is 0 Å². The van der Waals surface area contributed by atoms with Gasteiger partial charge in [-0.15, -0.1) is 0 Å². The molecule has 3 heteroatoms. The Morgan fingerprint density at radius 1 is 1.35 bits per heavy atom. The fraction of sp³-hybridized carbons (Fsp3) is 0.571. The number of benzene rings is 1. The van der Waals surface area contributed by atoms with Gasteiger partial charge in [0.05, 0.1) is 0 Å². The van der Waals surface area contributed by atoms with Crippen molar-refractivity contribution in [1.82, 2.24) is 5.32 Å². The van der Waals surface area contributed by atoms with Gasteiger partial charge in [0.1, 0.15) is 5.75 Å². The summed E-state index contributed by atoms with van der Waals surface area (Å²) in [7, 11) is 0.